The SMILES string of the molecule is COc1ccc(CNCc2cn(C(C)C)nc2C)cc1.Cl. The van der Waals surface area contributed by atoms with Gasteiger partial charge in [0, 0.05) is 30.9 Å². The summed E-state index contributed by atoms with van der Waals surface area (Å²) in [7, 11) is 1.68. The molecule has 21 heavy (non-hydrogen) atoms. The number of hydrogen-bond acceptors (Lipinski definition) is 3. The van der Waals surface area contributed by atoms with Crippen molar-refractivity contribution in [3.8, 4) is 5.75 Å². The van der Waals surface area contributed by atoms with Gasteiger partial charge in [-0.25, -0.2) is 0 Å². The number of nitrogens with zero attached hydrogens (tertiary/aromatic N) is 2. The molecule has 0 aliphatic carbocycles. The van der Waals surface area contributed by atoms with Crippen molar-refractivity contribution in [3.05, 3.63) is 47.3 Å². The summed E-state index contributed by atoms with van der Waals surface area (Å²) >= 11 is 0. The number of aryl methyl sites for hydroxylation is 1. The third-order valence-electron chi connectivity index (χ3n) is 3.35. The molecule has 1 N–H and O–H groups in total. The van der Waals surface area contributed by atoms with Crippen molar-refractivity contribution in [2.45, 2.75) is 39.9 Å². The summed E-state index contributed by atoms with van der Waals surface area (Å²) in [6.45, 7) is 8.02. The Balaban J connectivity index is 0.00000220. The molecular weight excluding hydrogens is 286 g/mol. The van der Waals surface area contributed by atoms with Crippen LogP contribution in [0.5, 0.6) is 5.75 Å². The minimum atomic E-state index is 0. The molecule has 0 saturated heterocycles. The third kappa shape index (κ3) is 4.76. The summed E-state index contributed by atoms with van der Waals surface area (Å²) in [5, 5.41) is 7.97. The highest BCUT2D eigenvalue weighted by molar-refractivity contribution is 5.85. The van der Waals surface area contributed by atoms with Gasteiger partial charge in [-0.3, -0.25) is 4.68 Å². The summed E-state index contributed by atoms with van der Waals surface area (Å²) in [5.74, 6) is 0.891. The fraction of sp³-hybridized carbons (Fsp3) is 0.438. The zero-order valence-corrected chi connectivity index (χ0v) is 13.9. The van der Waals surface area contributed by atoms with Gasteiger partial charge in [-0.2, -0.15) is 5.10 Å². The number of methoxy groups -OCH3 is 1. The Morgan fingerprint density at radius 3 is 2.38 bits per heavy atom. The van der Waals surface area contributed by atoms with Crippen molar-refractivity contribution < 1.29 is 4.74 Å². The lowest BCUT2D eigenvalue weighted by molar-refractivity contribution is 0.414. The summed E-state index contributed by atoms with van der Waals surface area (Å²) in [4.78, 5) is 0. The van der Waals surface area contributed by atoms with Gasteiger partial charge in [0.1, 0.15) is 5.75 Å². The molecule has 1 heterocycles. The Kier molecular flexibility index (Phi) is 6.72. The van der Waals surface area contributed by atoms with E-state index >= 15 is 0 Å². The van der Waals surface area contributed by atoms with Crippen molar-refractivity contribution in [2.24, 2.45) is 0 Å². The van der Waals surface area contributed by atoms with Crippen LogP contribution in [0, 0.1) is 6.92 Å². The van der Waals surface area contributed by atoms with E-state index in [0.29, 0.717) is 6.04 Å². The molecule has 0 unspecified atom stereocenters. The normalized spacial score (nSPS) is 10.5. The van der Waals surface area contributed by atoms with E-state index in [1.54, 1.807) is 7.11 Å². The maximum atomic E-state index is 5.15. The maximum absolute atomic E-state index is 5.15. The van der Waals surface area contributed by atoms with Crippen LogP contribution in [0.2, 0.25) is 0 Å². The molecule has 0 atom stereocenters. The van der Waals surface area contributed by atoms with Crippen LogP contribution in [0.25, 0.3) is 0 Å². The second-order valence-corrected chi connectivity index (χ2v) is 5.27. The molecule has 0 amide bonds. The van der Waals surface area contributed by atoms with Crippen LogP contribution in [0.3, 0.4) is 0 Å². The number of aromatic nitrogens is 2. The zero-order chi connectivity index (χ0) is 14.5. The van der Waals surface area contributed by atoms with Gasteiger partial charge in [0.2, 0.25) is 0 Å². The number of hydrogen-bond donors (Lipinski definition) is 1. The first kappa shape index (κ1) is 17.5. The third-order valence-corrected chi connectivity index (χ3v) is 3.35. The average Bonchev–Trinajstić information content (AvgIpc) is 2.81. The smallest absolute Gasteiger partial charge is 0.118 e. The first-order chi connectivity index (χ1) is 9.60. The molecule has 0 fully saturated rings. The van der Waals surface area contributed by atoms with Crippen LogP contribution >= 0.6 is 12.4 Å². The largest absolute Gasteiger partial charge is 0.497 e. The molecule has 5 heteroatoms. The lowest BCUT2D eigenvalue weighted by Gasteiger charge is -2.06. The summed E-state index contributed by atoms with van der Waals surface area (Å²) < 4.78 is 7.17. The van der Waals surface area contributed by atoms with E-state index in [0.717, 1.165) is 24.5 Å². The first-order valence-electron chi connectivity index (χ1n) is 6.98. The number of benzene rings is 1. The Hall–Kier alpha value is -1.52. The molecule has 2 aromatic rings. The minimum Gasteiger partial charge on any atom is -0.497 e. The number of nitrogens with one attached hydrogen (secondary N) is 1. The Morgan fingerprint density at radius 1 is 1.19 bits per heavy atom. The fourth-order valence-corrected chi connectivity index (χ4v) is 2.04. The van der Waals surface area contributed by atoms with E-state index in [1.807, 2.05) is 16.8 Å². The molecule has 1 aromatic carbocycles. The maximum Gasteiger partial charge on any atom is 0.118 e. The summed E-state index contributed by atoms with van der Waals surface area (Å²) in [6, 6.07) is 8.54. The van der Waals surface area contributed by atoms with Crippen molar-refractivity contribution in [1.29, 1.82) is 0 Å². The van der Waals surface area contributed by atoms with Gasteiger partial charge < -0.3 is 10.1 Å². The molecule has 116 valence electrons. The molecular formula is C16H24ClN3O. The second kappa shape index (κ2) is 8.05. The monoisotopic (exact) mass is 309 g/mol. The second-order valence-electron chi connectivity index (χ2n) is 5.27. The molecule has 0 aliphatic rings. The van der Waals surface area contributed by atoms with E-state index in [4.69, 9.17) is 4.74 Å². The highest BCUT2D eigenvalue weighted by Crippen LogP contribution is 2.12. The number of halogens is 1. The molecule has 0 bridgehead atoms. The van der Waals surface area contributed by atoms with Gasteiger partial charge in [0.05, 0.1) is 12.8 Å². The van der Waals surface area contributed by atoms with Crippen LogP contribution < -0.4 is 10.1 Å². The lowest BCUT2D eigenvalue weighted by atomic mass is 10.2. The van der Waals surface area contributed by atoms with Gasteiger partial charge in [0.15, 0.2) is 0 Å². The van der Waals surface area contributed by atoms with E-state index in [2.05, 4.69) is 49.5 Å². The minimum absolute atomic E-state index is 0. The lowest BCUT2D eigenvalue weighted by Crippen LogP contribution is -2.12. The van der Waals surface area contributed by atoms with Crippen LogP contribution in [-0.2, 0) is 13.1 Å². The number of rotatable bonds is 6. The quantitative estimate of drug-likeness (QED) is 0.887. The van der Waals surface area contributed by atoms with Gasteiger partial charge in [-0.1, -0.05) is 12.1 Å². The average molecular weight is 310 g/mol. The summed E-state index contributed by atoms with van der Waals surface area (Å²) in [6.07, 6.45) is 2.13. The van der Waals surface area contributed by atoms with E-state index < -0.39 is 0 Å². The van der Waals surface area contributed by atoms with Crippen LogP contribution in [0.4, 0.5) is 0 Å². The highest BCUT2D eigenvalue weighted by atomic mass is 35.5. The zero-order valence-electron chi connectivity index (χ0n) is 13.1. The van der Waals surface area contributed by atoms with Gasteiger partial charge in [-0.15, -0.1) is 12.4 Å². The van der Waals surface area contributed by atoms with Crippen LogP contribution in [-0.4, -0.2) is 16.9 Å². The van der Waals surface area contributed by atoms with Crippen molar-refractivity contribution in [2.75, 3.05) is 7.11 Å². The molecule has 0 aliphatic heterocycles. The molecule has 4 nitrogen and oxygen atoms in total. The summed E-state index contributed by atoms with van der Waals surface area (Å²) in [5.41, 5.74) is 3.60. The molecule has 1 aromatic heterocycles. The van der Waals surface area contributed by atoms with Gasteiger partial charge in [-0.05, 0) is 38.5 Å². The fourth-order valence-electron chi connectivity index (χ4n) is 2.04. The standard InChI is InChI=1S/C16H23N3O.ClH/c1-12(2)19-11-15(13(3)18-19)10-17-9-14-5-7-16(20-4)8-6-14;/h5-8,11-12,17H,9-10H2,1-4H3;1H. The van der Waals surface area contributed by atoms with E-state index in [9.17, 15) is 0 Å². The molecule has 0 radical (unpaired) electrons. The van der Waals surface area contributed by atoms with Crippen LogP contribution in [0.15, 0.2) is 30.5 Å². The van der Waals surface area contributed by atoms with Gasteiger partial charge in [0.25, 0.3) is 0 Å². The predicted molar refractivity (Wildman–Crippen MR) is 88.1 cm³/mol. The Morgan fingerprint density at radius 2 is 1.86 bits per heavy atom. The van der Waals surface area contributed by atoms with Crippen molar-refractivity contribution in [3.63, 3.8) is 0 Å². The molecule has 2 rings (SSSR count). The molecule has 0 saturated carbocycles. The Bertz CT molecular complexity index is 549. The Labute approximate surface area is 132 Å². The van der Waals surface area contributed by atoms with Crippen molar-refractivity contribution >= 4 is 12.4 Å². The van der Waals surface area contributed by atoms with Gasteiger partial charge >= 0.3 is 0 Å². The topological polar surface area (TPSA) is 39.1 Å². The van der Waals surface area contributed by atoms with E-state index in [1.165, 1.54) is 11.1 Å². The predicted octanol–water partition coefficient (Wildman–Crippen LogP) is 3.49. The number of ether oxygens (including phenoxy) is 1. The van der Waals surface area contributed by atoms with Crippen molar-refractivity contribution in [1.82, 2.24) is 15.1 Å². The van der Waals surface area contributed by atoms with E-state index in [-0.39, 0.29) is 12.4 Å². The first-order valence-corrected chi connectivity index (χ1v) is 6.98. The molecule has 0 spiro atoms. The van der Waals surface area contributed by atoms with Crippen LogP contribution in [0.1, 0.15) is 36.7 Å². The highest BCUT2D eigenvalue weighted by Gasteiger charge is 2.06.